The minimum Gasteiger partial charge on any atom is -0.505 e. The Kier molecular flexibility index (Phi) is 6.18. The topological polar surface area (TPSA) is 135 Å². The summed E-state index contributed by atoms with van der Waals surface area (Å²) in [6.45, 7) is 5.63. The molecular weight excluding hydrogens is 455 g/mol. The summed E-state index contributed by atoms with van der Waals surface area (Å²) in [7, 11) is -4.45. The van der Waals surface area contributed by atoms with Crippen LogP contribution in [0.1, 0.15) is 18.1 Å². The van der Waals surface area contributed by atoms with E-state index in [0.717, 1.165) is 11.1 Å². The fraction of sp³-hybridized carbons (Fsp3) is 0.167. The van der Waals surface area contributed by atoms with Gasteiger partial charge in [0.05, 0.1) is 16.7 Å². The molecule has 0 aromatic heterocycles. The second-order valence-corrected chi connectivity index (χ2v) is 9.65. The number of azo groups is 1. The summed E-state index contributed by atoms with van der Waals surface area (Å²) < 4.78 is 11.6. The second kappa shape index (κ2) is 8.95. The lowest BCUT2D eigenvalue weighted by Crippen LogP contribution is -2.29. The van der Waals surface area contributed by atoms with Crippen molar-refractivity contribution in [3.8, 4) is 16.9 Å². The van der Waals surface area contributed by atoms with Gasteiger partial charge >= 0.3 is 7.60 Å². The van der Waals surface area contributed by atoms with Gasteiger partial charge in [-0.3, -0.25) is 9.36 Å². The maximum atomic E-state index is 13.0. The molecule has 3 aromatic carbocycles. The Bertz CT molecular complexity index is 1400. The van der Waals surface area contributed by atoms with Crippen LogP contribution in [0, 0.1) is 13.8 Å². The quantitative estimate of drug-likeness (QED) is 0.370. The number of hydrogen-bond acceptors (Lipinski definition) is 6. The number of aromatic hydroxyl groups is 1. The fourth-order valence-electron chi connectivity index (χ4n) is 3.55. The Hall–Kier alpha value is -3.65. The van der Waals surface area contributed by atoms with E-state index in [9.17, 15) is 24.3 Å². The van der Waals surface area contributed by atoms with Crippen molar-refractivity contribution < 1.29 is 24.3 Å². The van der Waals surface area contributed by atoms with Gasteiger partial charge < -0.3 is 14.9 Å². The summed E-state index contributed by atoms with van der Waals surface area (Å²) in [6.07, 6.45) is 0. The van der Waals surface area contributed by atoms with Crippen LogP contribution in [0.3, 0.4) is 0 Å². The van der Waals surface area contributed by atoms with E-state index in [1.807, 2.05) is 32.0 Å². The Morgan fingerprint density at radius 1 is 0.971 bits per heavy atom. The zero-order valence-corrected chi connectivity index (χ0v) is 19.6. The molecule has 34 heavy (non-hydrogen) atoms. The molecule has 0 saturated carbocycles. The Morgan fingerprint density at radius 3 is 2.41 bits per heavy atom. The van der Waals surface area contributed by atoms with Crippen LogP contribution in [-0.2, 0) is 9.36 Å². The SMILES string of the molecule is CC1=NN(c2ccc(C)c(C)c2)C(=O)C1N=Nc1cccc(-c2cccc(P(=O)(O)O)c2)c1O. The van der Waals surface area contributed by atoms with Crippen LogP contribution < -0.4 is 10.3 Å². The highest BCUT2D eigenvalue weighted by Crippen LogP contribution is 2.39. The number of carbonyl (C=O) groups is 1. The number of carbonyl (C=O) groups excluding carboxylic acids is 1. The summed E-state index contributed by atoms with van der Waals surface area (Å²) in [5, 5.41) is 24.5. The van der Waals surface area contributed by atoms with Crippen LogP contribution >= 0.6 is 7.60 Å². The van der Waals surface area contributed by atoms with Gasteiger partial charge in [-0.25, -0.2) is 0 Å². The van der Waals surface area contributed by atoms with Gasteiger partial charge in [0.2, 0.25) is 0 Å². The smallest absolute Gasteiger partial charge is 0.356 e. The van der Waals surface area contributed by atoms with Crippen LogP contribution in [-0.4, -0.2) is 32.6 Å². The molecule has 0 radical (unpaired) electrons. The number of benzene rings is 3. The zero-order valence-electron chi connectivity index (χ0n) is 18.7. The predicted octanol–water partition coefficient (Wildman–Crippen LogP) is 4.35. The molecule has 1 unspecified atom stereocenters. The van der Waals surface area contributed by atoms with E-state index in [2.05, 4.69) is 15.3 Å². The number of phenolic OH excluding ortho intramolecular Hbond substituents is 1. The highest BCUT2D eigenvalue weighted by molar-refractivity contribution is 7.60. The number of anilines is 1. The summed E-state index contributed by atoms with van der Waals surface area (Å²) >= 11 is 0. The zero-order chi connectivity index (χ0) is 24.6. The van der Waals surface area contributed by atoms with E-state index in [1.54, 1.807) is 25.1 Å². The highest BCUT2D eigenvalue weighted by atomic mass is 31.2. The summed E-state index contributed by atoms with van der Waals surface area (Å²) in [6, 6.07) is 15.2. The average molecular weight is 478 g/mol. The molecule has 0 spiro atoms. The maximum absolute atomic E-state index is 13.0. The van der Waals surface area contributed by atoms with Crippen molar-refractivity contribution in [2.75, 3.05) is 5.01 Å². The lowest BCUT2D eigenvalue weighted by molar-refractivity contribution is -0.117. The molecular formula is C24H23N4O5P. The molecule has 3 N–H and O–H groups in total. The molecule has 174 valence electrons. The molecule has 10 heteroatoms. The molecule has 0 aliphatic carbocycles. The number of amides is 1. The lowest BCUT2D eigenvalue weighted by Gasteiger charge is -2.14. The highest BCUT2D eigenvalue weighted by Gasteiger charge is 2.35. The average Bonchev–Trinajstić information content (AvgIpc) is 3.08. The van der Waals surface area contributed by atoms with Crippen LogP contribution in [0.5, 0.6) is 5.75 Å². The molecule has 1 aliphatic rings. The van der Waals surface area contributed by atoms with Gasteiger partial charge in [0.25, 0.3) is 5.91 Å². The third-order valence-electron chi connectivity index (χ3n) is 5.62. The number of hydrazone groups is 1. The molecule has 3 aromatic rings. The molecule has 0 fully saturated rings. The molecule has 0 bridgehead atoms. The monoisotopic (exact) mass is 478 g/mol. The van der Waals surface area contributed by atoms with Gasteiger partial charge in [-0.1, -0.05) is 30.3 Å². The number of hydrogen-bond donors (Lipinski definition) is 3. The number of rotatable bonds is 5. The van der Waals surface area contributed by atoms with Crippen molar-refractivity contribution in [3.63, 3.8) is 0 Å². The van der Waals surface area contributed by atoms with E-state index < -0.39 is 13.6 Å². The molecule has 1 aliphatic heterocycles. The van der Waals surface area contributed by atoms with E-state index in [1.165, 1.54) is 29.3 Å². The predicted molar refractivity (Wildman–Crippen MR) is 130 cm³/mol. The largest absolute Gasteiger partial charge is 0.505 e. The van der Waals surface area contributed by atoms with Crippen molar-refractivity contribution >= 4 is 35.9 Å². The number of aryl methyl sites for hydroxylation is 2. The third-order valence-corrected chi connectivity index (χ3v) is 6.57. The second-order valence-electron chi connectivity index (χ2n) is 8.05. The first-order chi connectivity index (χ1) is 16.1. The standard InChI is InChI=1S/C24H23N4O5P/c1-14-10-11-18(12-15(14)2)28-24(30)22(16(3)27-28)26-25-21-9-5-8-20(23(21)29)17-6-4-7-19(13-17)34(31,32)33/h4-13,22,29H,1-3H3,(H2,31,32,33). The van der Waals surface area contributed by atoms with Gasteiger partial charge in [-0.15, -0.1) is 0 Å². The third kappa shape index (κ3) is 4.54. The van der Waals surface area contributed by atoms with Gasteiger partial charge in [-0.2, -0.15) is 20.3 Å². The van der Waals surface area contributed by atoms with Crippen LogP contribution in [0.25, 0.3) is 11.1 Å². The number of para-hydroxylation sites is 1. The Labute approximate surface area is 196 Å². The van der Waals surface area contributed by atoms with Crippen molar-refractivity contribution in [1.29, 1.82) is 0 Å². The van der Waals surface area contributed by atoms with Gasteiger partial charge in [0, 0.05) is 5.56 Å². The normalized spacial score (nSPS) is 16.4. The molecule has 1 heterocycles. The maximum Gasteiger partial charge on any atom is 0.356 e. The summed E-state index contributed by atoms with van der Waals surface area (Å²) in [5.41, 5.74) is 4.10. The Morgan fingerprint density at radius 2 is 1.71 bits per heavy atom. The van der Waals surface area contributed by atoms with Crippen molar-refractivity contribution in [3.05, 3.63) is 71.8 Å². The summed E-state index contributed by atoms with van der Waals surface area (Å²) in [4.78, 5) is 31.8. The van der Waals surface area contributed by atoms with E-state index in [-0.39, 0.29) is 22.6 Å². The first kappa shape index (κ1) is 23.5. The first-order valence-corrected chi connectivity index (χ1v) is 12.0. The van der Waals surface area contributed by atoms with Gasteiger partial charge in [0.15, 0.2) is 11.8 Å². The van der Waals surface area contributed by atoms with Crippen molar-refractivity contribution in [2.24, 2.45) is 15.3 Å². The first-order valence-electron chi connectivity index (χ1n) is 10.4. The minimum absolute atomic E-state index is 0.115. The van der Waals surface area contributed by atoms with Gasteiger partial charge in [-0.05, 0) is 67.8 Å². The van der Waals surface area contributed by atoms with Crippen molar-refractivity contribution in [2.45, 2.75) is 26.8 Å². The van der Waals surface area contributed by atoms with Crippen LogP contribution in [0.4, 0.5) is 11.4 Å². The van der Waals surface area contributed by atoms with Crippen LogP contribution in [0.15, 0.2) is 76.0 Å². The molecule has 0 saturated heterocycles. The van der Waals surface area contributed by atoms with Crippen LogP contribution in [0.2, 0.25) is 0 Å². The van der Waals surface area contributed by atoms with E-state index in [4.69, 9.17) is 0 Å². The fourth-order valence-corrected chi connectivity index (χ4v) is 4.14. The molecule has 1 atom stereocenters. The van der Waals surface area contributed by atoms with E-state index >= 15 is 0 Å². The molecule has 1 amide bonds. The van der Waals surface area contributed by atoms with E-state index in [0.29, 0.717) is 22.5 Å². The number of phenols is 1. The summed E-state index contributed by atoms with van der Waals surface area (Å²) in [5.74, 6) is -0.574. The molecule has 9 nitrogen and oxygen atoms in total. The molecule has 4 rings (SSSR count). The lowest BCUT2D eigenvalue weighted by atomic mass is 10.0. The Balaban J connectivity index is 1.61. The minimum atomic E-state index is -4.45. The van der Waals surface area contributed by atoms with Crippen molar-refractivity contribution in [1.82, 2.24) is 0 Å². The van der Waals surface area contributed by atoms with Gasteiger partial charge in [0.1, 0.15) is 5.69 Å². The number of nitrogens with zero attached hydrogens (tertiary/aromatic N) is 4.